The number of anilines is 2. The molecule has 1 aromatic carbocycles. The Kier molecular flexibility index (Phi) is 3.91. The van der Waals surface area contributed by atoms with E-state index in [1.807, 2.05) is 0 Å². The van der Waals surface area contributed by atoms with Crippen molar-refractivity contribution in [2.24, 2.45) is 0 Å². The maximum atomic E-state index is 10.8. The average Bonchev–Trinajstić information content (AvgIpc) is 2.56. The van der Waals surface area contributed by atoms with Crippen LogP contribution in [0.1, 0.15) is 16.1 Å². The van der Waals surface area contributed by atoms with Crippen LogP contribution in [-0.4, -0.2) is 47.5 Å². The minimum atomic E-state index is -1.05. The first-order chi connectivity index (χ1) is 10.6. The summed E-state index contributed by atoms with van der Waals surface area (Å²) in [5.41, 5.74) is 2.53. The lowest BCUT2D eigenvalue weighted by molar-refractivity contribution is 0.0689. The SMILES string of the molecule is Cc1ccccc1N1CCN(c2ccc(C(=O)O)nn2)CC1. The monoisotopic (exact) mass is 298 g/mol. The molecule has 0 saturated carbocycles. The quantitative estimate of drug-likeness (QED) is 0.932. The fourth-order valence-electron chi connectivity index (χ4n) is 2.70. The highest BCUT2D eigenvalue weighted by Gasteiger charge is 2.19. The van der Waals surface area contributed by atoms with Gasteiger partial charge in [-0.1, -0.05) is 18.2 Å². The molecule has 1 aromatic heterocycles. The number of rotatable bonds is 3. The summed E-state index contributed by atoms with van der Waals surface area (Å²) in [6.07, 6.45) is 0. The summed E-state index contributed by atoms with van der Waals surface area (Å²) in [4.78, 5) is 15.3. The third-order valence-corrected chi connectivity index (χ3v) is 3.93. The molecule has 0 radical (unpaired) electrons. The van der Waals surface area contributed by atoms with Gasteiger partial charge in [0.25, 0.3) is 0 Å². The number of hydrogen-bond donors (Lipinski definition) is 1. The number of benzene rings is 1. The number of carboxylic acids is 1. The second kappa shape index (κ2) is 6.01. The van der Waals surface area contributed by atoms with E-state index in [0.29, 0.717) is 0 Å². The molecule has 1 aliphatic heterocycles. The van der Waals surface area contributed by atoms with Crippen molar-refractivity contribution >= 4 is 17.5 Å². The van der Waals surface area contributed by atoms with Crippen LogP contribution in [0.15, 0.2) is 36.4 Å². The predicted molar refractivity (Wildman–Crippen MR) is 84.6 cm³/mol. The molecule has 22 heavy (non-hydrogen) atoms. The zero-order valence-electron chi connectivity index (χ0n) is 12.4. The van der Waals surface area contributed by atoms with Gasteiger partial charge >= 0.3 is 5.97 Å². The molecule has 6 nitrogen and oxygen atoms in total. The lowest BCUT2D eigenvalue weighted by Crippen LogP contribution is -2.47. The number of para-hydroxylation sites is 1. The maximum Gasteiger partial charge on any atom is 0.356 e. The summed E-state index contributed by atoms with van der Waals surface area (Å²) >= 11 is 0. The Labute approximate surface area is 129 Å². The van der Waals surface area contributed by atoms with Gasteiger partial charge in [0, 0.05) is 31.9 Å². The highest BCUT2D eigenvalue weighted by Crippen LogP contribution is 2.22. The van der Waals surface area contributed by atoms with E-state index in [1.165, 1.54) is 17.3 Å². The predicted octanol–water partition coefficient (Wildman–Crippen LogP) is 1.81. The number of aromatic nitrogens is 2. The van der Waals surface area contributed by atoms with Crippen molar-refractivity contribution in [1.82, 2.24) is 10.2 Å². The fraction of sp³-hybridized carbons (Fsp3) is 0.312. The number of carbonyl (C=O) groups is 1. The van der Waals surface area contributed by atoms with Crippen molar-refractivity contribution in [3.05, 3.63) is 47.7 Å². The van der Waals surface area contributed by atoms with E-state index >= 15 is 0 Å². The van der Waals surface area contributed by atoms with Crippen LogP contribution >= 0.6 is 0 Å². The van der Waals surface area contributed by atoms with Gasteiger partial charge in [0.2, 0.25) is 0 Å². The van der Waals surface area contributed by atoms with Gasteiger partial charge in [0.1, 0.15) is 0 Å². The van der Waals surface area contributed by atoms with Crippen LogP contribution in [0, 0.1) is 6.92 Å². The van der Waals surface area contributed by atoms with Crippen LogP contribution in [0.5, 0.6) is 0 Å². The average molecular weight is 298 g/mol. The lowest BCUT2D eigenvalue weighted by Gasteiger charge is -2.37. The summed E-state index contributed by atoms with van der Waals surface area (Å²) in [6.45, 7) is 5.63. The Bertz CT molecular complexity index is 664. The second-order valence-corrected chi connectivity index (χ2v) is 5.34. The van der Waals surface area contributed by atoms with Crippen molar-refractivity contribution in [1.29, 1.82) is 0 Å². The summed E-state index contributed by atoms with van der Waals surface area (Å²) in [5, 5.41) is 16.6. The van der Waals surface area contributed by atoms with E-state index in [1.54, 1.807) is 6.07 Å². The first kappa shape index (κ1) is 14.3. The zero-order valence-corrected chi connectivity index (χ0v) is 12.4. The highest BCUT2D eigenvalue weighted by atomic mass is 16.4. The van der Waals surface area contributed by atoms with E-state index in [9.17, 15) is 4.79 Å². The van der Waals surface area contributed by atoms with Crippen molar-refractivity contribution in [3.8, 4) is 0 Å². The van der Waals surface area contributed by atoms with Crippen LogP contribution in [-0.2, 0) is 0 Å². The molecule has 1 N–H and O–H groups in total. The molecule has 1 fully saturated rings. The largest absolute Gasteiger partial charge is 0.476 e. The van der Waals surface area contributed by atoms with Gasteiger partial charge < -0.3 is 14.9 Å². The fourth-order valence-corrected chi connectivity index (χ4v) is 2.70. The molecule has 1 aliphatic rings. The first-order valence-electron chi connectivity index (χ1n) is 7.28. The molecule has 2 heterocycles. The van der Waals surface area contributed by atoms with E-state index < -0.39 is 5.97 Å². The molecule has 2 aromatic rings. The standard InChI is InChI=1S/C16H18N4O2/c1-12-4-2-3-5-14(12)19-8-10-20(11-9-19)15-7-6-13(16(21)22)17-18-15/h2-7H,8-11H2,1H3,(H,21,22). The maximum absolute atomic E-state index is 10.8. The summed E-state index contributed by atoms with van der Waals surface area (Å²) < 4.78 is 0. The Morgan fingerprint density at radius 2 is 1.68 bits per heavy atom. The third kappa shape index (κ3) is 2.86. The molecule has 0 amide bonds. The number of piperazine rings is 1. The van der Waals surface area contributed by atoms with E-state index in [0.717, 1.165) is 32.0 Å². The Morgan fingerprint density at radius 3 is 2.27 bits per heavy atom. The number of hydrogen-bond acceptors (Lipinski definition) is 5. The minimum absolute atomic E-state index is 0.0257. The van der Waals surface area contributed by atoms with Crippen LogP contribution in [0.3, 0.4) is 0 Å². The smallest absolute Gasteiger partial charge is 0.356 e. The second-order valence-electron chi connectivity index (χ2n) is 5.34. The molecule has 114 valence electrons. The van der Waals surface area contributed by atoms with Crippen molar-refractivity contribution in [3.63, 3.8) is 0 Å². The molecule has 0 spiro atoms. The molecule has 0 aliphatic carbocycles. The summed E-state index contributed by atoms with van der Waals surface area (Å²) in [5.74, 6) is -0.321. The normalized spacial score (nSPS) is 15.0. The van der Waals surface area contributed by atoms with Gasteiger partial charge in [-0.05, 0) is 30.7 Å². The minimum Gasteiger partial charge on any atom is -0.476 e. The van der Waals surface area contributed by atoms with Crippen LogP contribution in [0.2, 0.25) is 0 Å². The molecule has 0 unspecified atom stereocenters. The van der Waals surface area contributed by atoms with Gasteiger partial charge in [-0.2, -0.15) is 0 Å². The molecule has 0 atom stereocenters. The van der Waals surface area contributed by atoms with E-state index in [2.05, 4.69) is 51.2 Å². The molecule has 3 rings (SSSR count). The Hall–Kier alpha value is -2.63. The van der Waals surface area contributed by atoms with Gasteiger partial charge in [-0.25, -0.2) is 4.79 Å². The number of aryl methyl sites for hydroxylation is 1. The zero-order chi connectivity index (χ0) is 15.5. The molecular weight excluding hydrogens is 280 g/mol. The van der Waals surface area contributed by atoms with Gasteiger partial charge in [0.05, 0.1) is 0 Å². The molecular formula is C16H18N4O2. The van der Waals surface area contributed by atoms with Gasteiger partial charge in [-0.15, -0.1) is 10.2 Å². The van der Waals surface area contributed by atoms with E-state index in [-0.39, 0.29) is 5.69 Å². The molecule has 1 saturated heterocycles. The molecule has 0 bridgehead atoms. The molecule has 6 heteroatoms. The topological polar surface area (TPSA) is 69.6 Å². The van der Waals surface area contributed by atoms with Gasteiger partial charge in [-0.3, -0.25) is 0 Å². The third-order valence-electron chi connectivity index (χ3n) is 3.93. The highest BCUT2D eigenvalue weighted by molar-refractivity contribution is 5.85. The Morgan fingerprint density at radius 1 is 1.00 bits per heavy atom. The van der Waals surface area contributed by atoms with Gasteiger partial charge in [0.15, 0.2) is 11.5 Å². The number of nitrogens with zero attached hydrogens (tertiary/aromatic N) is 4. The Balaban J connectivity index is 1.66. The van der Waals surface area contributed by atoms with Crippen LogP contribution in [0.25, 0.3) is 0 Å². The van der Waals surface area contributed by atoms with Crippen LogP contribution in [0.4, 0.5) is 11.5 Å². The summed E-state index contributed by atoms with van der Waals surface area (Å²) in [7, 11) is 0. The van der Waals surface area contributed by atoms with E-state index in [4.69, 9.17) is 5.11 Å². The van der Waals surface area contributed by atoms with Crippen molar-refractivity contribution in [2.75, 3.05) is 36.0 Å². The number of carboxylic acid groups (broad SMARTS) is 1. The van der Waals surface area contributed by atoms with Crippen molar-refractivity contribution < 1.29 is 9.90 Å². The lowest BCUT2D eigenvalue weighted by atomic mass is 10.1. The first-order valence-corrected chi connectivity index (χ1v) is 7.28. The number of aromatic carboxylic acids is 1. The van der Waals surface area contributed by atoms with Crippen molar-refractivity contribution in [2.45, 2.75) is 6.92 Å². The summed E-state index contributed by atoms with van der Waals surface area (Å²) in [6, 6.07) is 11.6. The van der Waals surface area contributed by atoms with Crippen LogP contribution < -0.4 is 9.80 Å².